The molecule has 24 heavy (non-hydrogen) atoms. The highest BCUT2D eigenvalue weighted by Crippen LogP contribution is 2.31. The molecule has 2 atom stereocenters. The molecule has 2 aromatic carbocycles. The molecule has 0 aliphatic heterocycles. The molecule has 2 rings (SSSR count). The van der Waals surface area contributed by atoms with Crippen LogP contribution >= 0.6 is 0 Å². The molecular formula is C20H27NO3. The normalized spacial score (nSPS) is 13.4. The minimum Gasteiger partial charge on any atom is -0.493 e. The Morgan fingerprint density at radius 3 is 2.46 bits per heavy atom. The molecule has 0 bridgehead atoms. The summed E-state index contributed by atoms with van der Waals surface area (Å²) in [6.07, 6.45) is 0. The Bertz CT molecular complexity index is 657. The van der Waals surface area contributed by atoms with Crippen molar-refractivity contribution in [3.05, 3.63) is 59.2 Å². The monoisotopic (exact) mass is 329 g/mol. The lowest BCUT2D eigenvalue weighted by Crippen LogP contribution is -2.23. The molecule has 4 nitrogen and oxygen atoms in total. The zero-order valence-electron chi connectivity index (χ0n) is 14.9. The number of aliphatic hydroxyl groups excluding tert-OH is 1. The average Bonchev–Trinajstić information content (AvgIpc) is 2.59. The number of aliphatic hydroxyl groups is 1. The van der Waals surface area contributed by atoms with Crippen LogP contribution in [0.4, 0.5) is 0 Å². The summed E-state index contributed by atoms with van der Waals surface area (Å²) < 4.78 is 10.9. The van der Waals surface area contributed by atoms with Crippen molar-refractivity contribution in [1.29, 1.82) is 0 Å². The number of aryl methyl sites for hydroxylation is 1. The molecule has 0 aliphatic rings. The van der Waals surface area contributed by atoms with Gasteiger partial charge in [0.2, 0.25) is 0 Å². The summed E-state index contributed by atoms with van der Waals surface area (Å²) in [5, 5.41) is 12.5. The fraction of sp³-hybridized carbons (Fsp3) is 0.400. The first-order chi connectivity index (χ1) is 11.6. The van der Waals surface area contributed by atoms with Crippen LogP contribution in [0.3, 0.4) is 0 Å². The van der Waals surface area contributed by atoms with E-state index in [1.165, 1.54) is 11.1 Å². The summed E-state index contributed by atoms with van der Waals surface area (Å²) in [6.45, 7) is 6.69. The topological polar surface area (TPSA) is 50.7 Å². The molecule has 4 heteroatoms. The molecule has 0 saturated heterocycles. The fourth-order valence-electron chi connectivity index (χ4n) is 2.86. The SMILES string of the molecule is COc1cc(C(C)NC(C)c2ccccc2C)ccc1OCCO. The van der Waals surface area contributed by atoms with Crippen molar-refractivity contribution in [2.45, 2.75) is 32.9 Å². The highest BCUT2D eigenvalue weighted by atomic mass is 16.5. The van der Waals surface area contributed by atoms with Gasteiger partial charge in [0, 0.05) is 12.1 Å². The largest absolute Gasteiger partial charge is 0.493 e. The zero-order chi connectivity index (χ0) is 17.5. The second-order valence-electron chi connectivity index (χ2n) is 5.95. The summed E-state index contributed by atoms with van der Waals surface area (Å²) >= 11 is 0. The third-order valence-corrected chi connectivity index (χ3v) is 4.19. The predicted molar refractivity (Wildman–Crippen MR) is 96.7 cm³/mol. The van der Waals surface area contributed by atoms with Crippen molar-refractivity contribution < 1.29 is 14.6 Å². The maximum absolute atomic E-state index is 8.89. The van der Waals surface area contributed by atoms with E-state index < -0.39 is 0 Å². The van der Waals surface area contributed by atoms with Gasteiger partial charge in [0.15, 0.2) is 11.5 Å². The number of rotatable bonds is 8. The van der Waals surface area contributed by atoms with Crippen LogP contribution in [0.1, 0.15) is 42.6 Å². The van der Waals surface area contributed by atoms with Gasteiger partial charge < -0.3 is 19.9 Å². The van der Waals surface area contributed by atoms with Crippen LogP contribution in [0.2, 0.25) is 0 Å². The van der Waals surface area contributed by atoms with Gasteiger partial charge >= 0.3 is 0 Å². The third kappa shape index (κ3) is 4.49. The molecule has 0 spiro atoms. The molecule has 2 unspecified atom stereocenters. The lowest BCUT2D eigenvalue weighted by Gasteiger charge is -2.23. The Hall–Kier alpha value is -2.04. The molecule has 0 radical (unpaired) electrons. The standard InChI is InChI=1S/C20H27NO3/c1-14-7-5-6-8-18(14)16(3)21-15(2)17-9-10-19(24-12-11-22)20(13-17)23-4/h5-10,13,15-16,21-22H,11-12H2,1-4H3. The first-order valence-corrected chi connectivity index (χ1v) is 8.30. The summed E-state index contributed by atoms with van der Waals surface area (Å²) in [4.78, 5) is 0. The van der Waals surface area contributed by atoms with Crippen molar-refractivity contribution in [3.8, 4) is 11.5 Å². The first-order valence-electron chi connectivity index (χ1n) is 8.30. The average molecular weight is 329 g/mol. The second-order valence-corrected chi connectivity index (χ2v) is 5.95. The maximum atomic E-state index is 8.89. The van der Waals surface area contributed by atoms with Gasteiger partial charge in [-0.15, -0.1) is 0 Å². The van der Waals surface area contributed by atoms with Gasteiger partial charge in [-0.05, 0) is 49.6 Å². The van der Waals surface area contributed by atoms with E-state index in [4.69, 9.17) is 14.6 Å². The minimum absolute atomic E-state index is 0.0171. The number of benzene rings is 2. The molecule has 2 N–H and O–H groups in total. The number of hydrogen-bond donors (Lipinski definition) is 2. The van der Waals surface area contributed by atoms with Gasteiger partial charge in [0.05, 0.1) is 13.7 Å². The first kappa shape index (κ1) is 18.3. The van der Waals surface area contributed by atoms with E-state index in [0.717, 1.165) is 5.56 Å². The lowest BCUT2D eigenvalue weighted by atomic mass is 10.0. The number of hydrogen-bond acceptors (Lipinski definition) is 4. The molecule has 0 fully saturated rings. The lowest BCUT2D eigenvalue weighted by molar-refractivity contribution is 0.196. The minimum atomic E-state index is -0.0171. The van der Waals surface area contributed by atoms with E-state index in [2.05, 4.69) is 50.4 Å². The van der Waals surface area contributed by atoms with Gasteiger partial charge in [-0.25, -0.2) is 0 Å². The van der Waals surface area contributed by atoms with Crippen LogP contribution in [0.5, 0.6) is 11.5 Å². The van der Waals surface area contributed by atoms with Crippen LogP contribution in [-0.2, 0) is 0 Å². The number of methoxy groups -OCH3 is 1. The maximum Gasteiger partial charge on any atom is 0.161 e. The Morgan fingerprint density at radius 1 is 1.04 bits per heavy atom. The van der Waals surface area contributed by atoms with Crippen molar-refractivity contribution in [3.63, 3.8) is 0 Å². The molecular weight excluding hydrogens is 302 g/mol. The van der Waals surface area contributed by atoms with Gasteiger partial charge in [-0.3, -0.25) is 0 Å². The summed E-state index contributed by atoms with van der Waals surface area (Å²) in [5.41, 5.74) is 3.72. The zero-order valence-corrected chi connectivity index (χ0v) is 14.9. The van der Waals surface area contributed by atoms with E-state index in [1.54, 1.807) is 7.11 Å². The third-order valence-electron chi connectivity index (χ3n) is 4.19. The highest BCUT2D eigenvalue weighted by molar-refractivity contribution is 5.44. The smallest absolute Gasteiger partial charge is 0.161 e. The molecule has 0 heterocycles. The van der Waals surface area contributed by atoms with Gasteiger partial charge in [-0.1, -0.05) is 30.3 Å². The molecule has 0 amide bonds. The molecule has 0 aromatic heterocycles. The van der Waals surface area contributed by atoms with Gasteiger partial charge in [0.1, 0.15) is 6.61 Å². The molecule has 130 valence electrons. The van der Waals surface area contributed by atoms with Crippen LogP contribution in [0.25, 0.3) is 0 Å². The van der Waals surface area contributed by atoms with Crippen molar-refractivity contribution in [1.82, 2.24) is 5.32 Å². The number of ether oxygens (including phenoxy) is 2. The van der Waals surface area contributed by atoms with Crippen LogP contribution < -0.4 is 14.8 Å². The second kappa shape index (κ2) is 8.71. The predicted octanol–water partition coefficient (Wildman–Crippen LogP) is 3.79. The van der Waals surface area contributed by atoms with Crippen molar-refractivity contribution in [2.24, 2.45) is 0 Å². The quantitative estimate of drug-likeness (QED) is 0.774. The Labute approximate surface area is 144 Å². The van der Waals surface area contributed by atoms with Crippen LogP contribution in [0, 0.1) is 6.92 Å². The molecule has 0 aliphatic carbocycles. The van der Waals surface area contributed by atoms with E-state index in [9.17, 15) is 0 Å². The van der Waals surface area contributed by atoms with E-state index in [0.29, 0.717) is 11.5 Å². The Morgan fingerprint density at radius 2 is 1.79 bits per heavy atom. The summed E-state index contributed by atoms with van der Waals surface area (Å²) in [5.74, 6) is 1.33. The van der Waals surface area contributed by atoms with E-state index >= 15 is 0 Å². The summed E-state index contributed by atoms with van der Waals surface area (Å²) in [6, 6.07) is 14.7. The summed E-state index contributed by atoms with van der Waals surface area (Å²) in [7, 11) is 1.62. The fourth-order valence-corrected chi connectivity index (χ4v) is 2.86. The highest BCUT2D eigenvalue weighted by Gasteiger charge is 2.15. The molecule has 0 saturated carbocycles. The van der Waals surface area contributed by atoms with Crippen LogP contribution in [0.15, 0.2) is 42.5 Å². The van der Waals surface area contributed by atoms with Crippen molar-refractivity contribution in [2.75, 3.05) is 20.3 Å². The van der Waals surface area contributed by atoms with Gasteiger partial charge in [0.25, 0.3) is 0 Å². The van der Waals surface area contributed by atoms with Crippen LogP contribution in [-0.4, -0.2) is 25.4 Å². The number of nitrogens with one attached hydrogen (secondary N) is 1. The Kier molecular flexibility index (Phi) is 6.64. The molecule has 2 aromatic rings. The van der Waals surface area contributed by atoms with E-state index in [1.807, 2.05) is 18.2 Å². The van der Waals surface area contributed by atoms with Crippen molar-refractivity contribution >= 4 is 0 Å². The van der Waals surface area contributed by atoms with E-state index in [-0.39, 0.29) is 25.3 Å². The van der Waals surface area contributed by atoms with Gasteiger partial charge in [-0.2, -0.15) is 0 Å². The Balaban J connectivity index is 2.11.